The second-order valence-electron chi connectivity index (χ2n) is 11.8. The first-order valence-electron chi connectivity index (χ1n) is 10.7. The Morgan fingerprint density at radius 1 is 0.923 bits per heavy atom. The van der Waals surface area contributed by atoms with Crippen LogP contribution in [0, 0.1) is 51.8 Å². The topological polar surface area (TPSA) is 48.9 Å². The quantitative estimate of drug-likeness (QED) is 0.779. The van der Waals surface area contributed by atoms with Crippen molar-refractivity contribution in [2.24, 2.45) is 51.8 Å². The summed E-state index contributed by atoms with van der Waals surface area (Å²) in [4.78, 5) is 27.1. The third-order valence-corrected chi connectivity index (χ3v) is 12.0. The Hall–Kier alpha value is -1.26. The van der Waals surface area contributed by atoms with Crippen molar-refractivity contribution in [1.29, 1.82) is 0 Å². The van der Waals surface area contributed by atoms with Crippen molar-refractivity contribution in [2.75, 3.05) is 0 Å². The van der Waals surface area contributed by atoms with Crippen LogP contribution in [0.1, 0.15) is 65.1 Å². The number of hydrogen-bond donors (Lipinski definition) is 0. The molecule has 8 aliphatic rings. The highest BCUT2D eigenvalue weighted by Gasteiger charge is 2.95. The molecule has 9 rings (SSSR count). The predicted molar refractivity (Wildman–Crippen MR) is 94.8 cm³/mol. The van der Waals surface area contributed by atoms with Crippen LogP contribution < -0.4 is 11.4 Å². The predicted octanol–water partition coefficient (Wildman–Crippen LogP) is 2.44. The summed E-state index contributed by atoms with van der Waals surface area (Å²) in [5.74, 6) is 4.52. The Morgan fingerprint density at radius 3 is 2.27 bits per heavy atom. The molecule has 1 aromatic heterocycles. The van der Waals surface area contributed by atoms with E-state index in [1.165, 1.54) is 6.42 Å². The number of hydrogen-bond acceptors (Lipinski definition) is 2. The van der Waals surface area contributed by atoms with Crippen LogP contribution in [0.15, 0.2) is 9.59 Å². The van der Waals surface area contributed by atoms with E-state index in [0.717, 1.165) is 30.6 Å². The summed E-state index contributed by atoms with van der Waals surface area (Å²) in [7, 11) is 0. The fourth-order valence-electron chi connectivity index (χ4n) is 10.5. The van der Waals surface area contributed by atoms with E-state index in [1.807, 2.05) is 9.36 Å². The van der Waals surface area contributed by atoms with Crippen LogP contribution in [0.4, 0.5) is 0 Å². The lowest BCUT2D eigenvalue weighted by Gasteiger charge is -2.96. The fourth-order valence-corrected chi connectivity index (χ4v) is 10.5. The molecule has 6 fully saturated rings. The maximum atomic E-state index is 13.6. The van der Waals surface area contributed by atoms with Crippen molar-refractivity contribution in [1.82, 2.24) is 13.9 Å². The van der Waals surface area contributed by atoms with E-state index in [2.05, 4.69) is 27.7 Å². The fraction of sp³-hybridized carbons (Fsp3) is 0.905. The van der Waals surface area contributed by atoms with Crippen molar-refractivity contribution in [3.05, 3.63) is 21.0 Å². The largest absolute Gasteiger partial charge is 0.347 e. The van der Waals surface area contributed by atoms with Gasteiger partial charge >= 0.3 is 11.4 Å². The molecule has 1 aromatic rings. The minimum atomic E-state index is 0.0199. The molecule has 138 valence electrons. The third-order valence-electron chi connectivity index (χ3n) is 12.0. The zero-order chi connectivity index (χ0) is 17.7. The molecule has 6 aliphatic carbocycles. The maximum Gasteiger partial charge on any atom is 0.347 e. The minimum Gasteiger partial charge on any atom is -0.246 e. The first-order chi connectivity index (χ1) is 12.3. The van der Waals surface area contributed by atoms with Gasteiger partial charge in [-0.05, 0) is 71.0 Å². The molecule has 0 spiro atoms. The lowest BCUT2D eigenvalue weighted by atomic mass is 9.11. The smallest absolute Gasteiger partial charge is 0.246 e. The monoisotopic (exact) mass is 353 g/mol. The molecule has 2 aliphatic heterocycles. The molecule has 0 unspecified atom stereocenters. The van der Waals surface area contributed by atoms with Gasteiger partial charge in [0.2, 0.25) is 0 Å². The van der Waals surface area contributed by atoms with Crippen LogP contribution in [0.25, 0.3) is 0 Å². The summed E-state index contributed by atoms with van der Waals surface area (Å²) in [6.07, 6.45) is 3.41. The van der Waals surface area contributed by atoms with Crippen molar-refractivity contribution >= 4 is 0 Å². The molecule has 0 aromatic carbocycles. The number of aromatic nitrogens is 3. The maximum absolute atomic E-state index is 13.6. The lowest BCUT2D eigenvalue weighted by molar-refractivity contribution is -0.496. The van der Waals surface area contributed by atoms with Crippen LogP contribution in [0.5, 0.6) is 0 Å². The second-order valence-corrected chi connectivity index (χ2v) is 11.8. The average molecular weight is 353 g/mol. The minimum absolute atomic E-state index is 0.0199. The normalized spacial score (nSPS) is 62.7. The molecule has 4 bridgehead atoms. The molecule has 3 heterocycles. The van der Waals surface area contributed by atoms with Gasteiger partial charge in [0.25, 0.3) is 0 Å². The van der Waals surface area contributed by atoms with Gasteiger partial charge in [0.15, 0.2) is 0 Å². The average Bonchev–Trinajstić information content (AvgIpc) is 2.99. The zero-order valence-corrected chi connectivity index (χ0v) is 16.0. The Bertz CT molecular complexity index is 1060. The lowest BCUT2D eigenvalue weighted by Crippen LogP contribution is -2.95. The summed E-state index contributed by atoms with van der Waals surface area (Å²) >= 11 is 0. The Labute approximate surface area is 152 Å². The molecule has 0 amide bonds. The molecule has 26 heavy (non-hydrogen) atoms. The van der Waals surface area contributed by atoms with Crippen LogP contribution in [0.2, 0.25) is 0 Å². The third kappa shape index (κ3) is 0.861. The zero-order valence-electron chi connectivity index (χ0n) is 16.0. The highest BCUT2D eigenvalue weighted by atomic mass is 16.2. The van der Waals surface area contributed by atoms with E-state index in [-0.39, 0.29) is 28.3 Å². The summed E-state index contributed by atoms with van der Waals surface area (Å²) in [5, 5.41) is 0. The molecule has 0 saturated heterocycles. The van der Waals surface area contributed by atoms with E-state index >= 15 is 0 Å². The summed E-state index contributed by atoms with van der Waals surface area (Å²) < 4.78 is 5.64. The van der Waals surface area contributed by atoms with Crippen LogP contribution in [0.3, 0.4) is 0 Å². The van der Waals surface area contributed by atoms with Gasteiger partial charge in [0, 0.05) is 6.04 Å². The number of nitrogens with zero attached hydrogens (tertiary/aromatic N) is 3. The SMILES string of the molecule is CC1(C)[C@@H]2CC[C@]1(C)[C@H](n1c(=O)n3n(c1=O)[C@@H]1[C@H]4[C@H]5[C@H]6[C@H]4[C@]1(C)[C@H]6[C@@H]53)C2. The van der Waals surface area contributed by atoms with E-state index in [1.54, 1.807) is 4.57 Å². The standard InChI is InChI=1S/C21H27N3O2/c1-19(2)8-5-6-20(19,3)9(7-8)22-17(25)23-15-10-11-13-12(10)16(24(23)18(22)26)21(13,4)14(11)15/h8-16H,5-7H2,1-4H3/t8-,9-,10-,11+,12+,13-,14-,15-,16-,20-,21-/m1/s1. The molecular formula is C21H27N3O2. The first-order valence-corrected chi connectivity index (χ1v) is 10.7. The molecule has 5 heteroatoms. The van der Waals surface area contributed by atoms with Gasteiger partial charge in [-0.15, -0.1) is 0 Å². The van der Waals surface area contributed by atoms with E-state index in [9.17, 15) is 9.59 Å². The molecule has 0 N–H and O–H groups in total. The van der Waals surface area contributed by atoms with Gasteiger partial charge < -0.3 is 0 Å². The van der Waals surface area contributed by atoms with Gasteiger partial charge in [0.1, 0.15) is 0 Å². The number of fused-ring (bicyclic) bond motifs is 2. The van der Waals surface area contributed by atoms with Crippen molar-refractivity contribution < 1.29 is 0 Å². The summed E-state index contributed by atoms with van der Waals surface area (Å²) in [6, 6.07) is 0.748. The molecule has 6 saturated carbocycles. The molecule has 5 nitrogen and oxygen atoms in total. The molecule has 0 radical (unpaired) electrons. The van der Waals surface area contributed by atoms with Gasteiger partial charge in [-0.3, -0.25) is 0 Å². The summed E-state index contributed by atoms with van der Waals surface area (Å²) in [5.41, 5.74) is 0.657. The van der Waals surface area contributed by atoms with Crippen molar-refractivity contribution in [3.63, 3.8) is 0 Å². The highest BCUT2D eigenvalue weighted by molar-refractivity contribution is 5.42. The highest BCUT2D eigenvalue weighted by Crippen LogP contribution is 2.96. The van der Waals surface area contributed by atoms with E-state index in [4.69, 9.17) is 0 Å². The first kappa shape index (κ1) is 13.8. The van der Waals surface area contributed by atoms with E-state index < -0.39 is 0 Å². The molecular weight excluding hydrogens is 326 g/mol. The van der Waals surface area contributed by atoms with Gasteiger partial charge in [-0.2, -0.15) is 0 Å². The molecule has 11 atom stereocenters. The summed E-state index contributed by atoms with van der Waals surface area (Å²) in [6.45, 7) is 9.47. The van der Waals surface area contributed by atoms with Gasteiger partial charge in [-0.25, -0.2) is 23.5 Å². The van der Waals surface area contributed by atoms with Gasteiger partial charge in [0.05, 0.1) is 12.1 Å². The Morgan fingerprint density at radius 2 is 1.65 bits per heavy atom. The van der Waals surface area contributed by atoms with Crippen molar-refractivity contribution in [2.45, 2.75) is 65.1 Å². The Kier molecular flexibility index (Phi) is 1.71. The van der Waals surface area contributed by atoms with Crippen LogP contribution in [-0.4, -0.2) is 13.9 Å². The second kappa shape index (κ2) is 3.22. The van der Waals surface area contributed by atoms with E-state index in [0.29, 0.717) is 35.3 Å². The van der Waals surface area contributed by atoms with Crippen molar-refractivity contribution in [3.8, 4) is 0 Å². The number of rotatable bonds is 1. The Balaban J connectivity index is 1.37. The van der Waals surface area contributed by atoms with Crippen LogP contribution >= 0.6 is 0 Å². The van der Waals surface area contributed by atoms with Crippen LogP contribution in [-0.2, 0) is 0 Å². The van der Waals surface area contributed by atoms with Gasteiger partial charge in [-0.1, -0.05) is 27.7 Å².